The average molecular weight is 333 g/mol. The number of carbonyl (C=O) groups excluding carboxylic acids is 1. The minimum Gasteiger partial charge on any atom is -0.350 e. The summed E-state index contributed by atoms with van der Waals surface area (Å²) in [6, 6.07) is 1.31. The van der Waals surface area contributed by atoms with Gasteiger partial charge in [0.05, 0.1) is 0 Å². The van der Waals surface area contributed by atoms with Gasteiger partial charge in [-0.25, -0.2) is 8.42 Å². The first kappa shape index (κ1) is 16.4. The van der Waals surface area contributed by atoms with Crippen LogP contribution < -0.4 is 5.32 Å². The summed E-state index contributed by atoms with van der Waals surface area (Å²) < 4.78 is 24.1. The van der Waals surface area contributed by atoms with Crippen molar-refractivity contribution in [3.05, 3.63) is 18.0 Å². The van der Waals surface area contributed by atoms with Crippen molar-refractivity contribution in [1.82, 2.24) is 9.88 Å². The van der Waals surface area contributed by atoms with Crippen LogP contribution in [0.2, 0.25) is 0 Å². The number of carbonyl (C=O) groups is 1. The molecule has 1 aromatic rings. The Kier molecular flexibility index (Phi) is 4.99. The molecular formula is C14H21ClN2O3S. The van der Waals surface area contributed by atoms with E-state index in [-0.39, 0.29) is 10.8 Å². The summed E-state index contributed by atoms with van der Waals surface area (Å²) in [6.07, 6.45) is 6.17. The topological polar surface area (TPSA) is 68.2 Å². The summed E-state index contributed by atoms with van der Waals surface area (Å²) in [5, 5.41) is 2.91. The van der Waals surface area contributed by atoms with Crippen LogP contribution in [-0.2, 0) is 16.1 Å². The van der Waals surface area contributed by atoms with Crippen molar-refractivity contribution in [2.75, 3.05) is 6.54 Å². The van der Waals surface area contributed by atoms with Crippen LogP contribution in [-0.4, -0.2) is 25.4 Å². The Labute approximate surface area is 130 Å². The molecule has 1 N–H and O–H groups in total. The van der Waals surface area contributed by atoms with Gasteiger partial charge in [0.15, 0.2) is 0 Å². The van der Waals surface area contributed by atoms with E-state index in [2.05, 4.69) is 12.2 Å². The van der Waals surface area contributed by atoms with Gasteiger partial charge in [-0.1, -0.05) is 26.2 Å². The van der Waals surface area contributed by atoms with Crippen molar-refractivity contribution >= 4 is 25.6 Å². The molecule has 2 rings (SSSR count). The molecule has 5 nitrogen and oxygen atoms in total. The van der Waals surface area contributed by atoms with E-state index in [1.54, 1.807) is 7.05 Å². The summed E-state index contributed by atoms with van der Waals surface area (Å²) in [7, 11) is 3.11. The Hall–Kier alpha value is -1.01. The van der Waals surface area contributed by atoms with Gasteiger partial charge >= 0.3 is 0 Å². The zero-order chi connectivity index (χ0) is 15.6. The molecule has 2 atom stereocenters. The maximum absolute atomic E-state index is 12.2. The Morgan fingerprint density at radius 1 is 1.43 bits per heavy atom. The van der Waals surface area contributed by atoms with Crippen LogP contribution in [0.4, 0.5) is 0 Å². The van der Waals surface area contributed by atoms with Crippen LogP contribution >= 0.6 is 10.7 Å². The highest BCUT2D eigenvalue weighted by molar-refractivity contribution is 8.13. The predicted octanol–water partition coefficient (Wildman–Crippen LogP) is 2.51. The summed E-state index contributed by atoms with van der Waals surface area (Å²) in [5.74, 6) is 0.854. The minimum absolute atomic E-state index is 0.0529. The number of halogens is 1. The van der Waals surface area contributed by atoms with E-state index in [1.165, 1.54) is 36.1 Å². The van der Waals surface area contributed by atoms with Gasteiger partial charge in [-0.3, -0.25) is 4.79 Å². The van der Waals surface area contributed by atoms with Crippen LogP contribution in [0, 0.1) is 11.8 Å². The molecule has 0 radical (unpaired) electrons. The molecule has 1 amide bonds. The maximum Gasteiger partial charge on any atom is 0.267 e. The number of rotatable bonds is 4. The van der Waals surface area contributed by atoms with E-state index < -0.39 is 9.05 Å². The highest BCUT2D eigenvalue weighted by atomic mass is 35.7. The summed E-state index contributed by atoms with van der Waals surface area (Å²) in [4.78, 5) is 12.1. The third-order valence-corrected chi connectivity index (χ3v) is 5.63. The van der Waals surface area contributed by atoms with Gasteiger partial charge in [0, 0.05) is 30.5 Å². The summed E-state index contributed by atoms with van der Waals surface area (Å²) in [5.41, 5.74) is 0.303. The number of aryl methyl sites for hydroxylation is 1. The zero-order valence-electron chi connectivity index (χ0n) is 12.3. The molecule has 0 aromatic carbocycles. The quantitative estimate of drug-likeness (QED) is 0.861. The lowest BCUT2D eigenvalue weighted by Gasteiger charge is -2.28. The molecule has 0 spiro atoms. The lowest BCUT2D eigenvalue weighted by molar-refractivity contribution is 0.0928. The van der Waals surface area contributed by atoms with E-state index >= 15 is 0 Å². The van der Waals surface area contributed by atoms with Gasteiger partial charge in [0.2, 0.25) is 0 Å². The molecular weight excluding hydrogens is 312 g/mol. The monoisotopic (exact) mass is 332 g/mol. The Bertz CT molecular complexity index is 624. The molecule has 2 unspecified atom stereocenters. The SMILES string of the molecule is CC1CCCCC1CNC(=O)c1cc(S(=O)(=O)Cl)cn1C. The molecule has 1 aromatic heterocycles. The van der Waals surface area contributed by atoms with Crippen LogP contribution in [0.5, 0.6) is 0 Å². The highest BCUT2D eigenvalue weighted by Crippen LogP contribution is 2.29. The fraction of sp³-hybridized carbons (Fsp3) is 0.643. The molecule has 1 aliphatic rings. The van der Waals surface area contributed by atoms with E-state index in [1.807, 2.05) is 0 Å². The lowest BCUT2D eigenvalue weighted by Crippen LogP contribution is -2.34. The highest BCUT2D eigenvalue weighted by Gasteiger charge is 2.23. The zero-order valence-corrected chi connectivity index (χ0v) is 13.9. The number of amides is 1. The van der Waals surface area contributed by atoms with Crippen molar-refractivity contribution in [3.8, 4) is 0 Å². The van der Waals surface area contributed by atoms with Crippen LogP contribution in [0.25, 0.3) is 0 Å². The van der Waals surface area contributed by atoms with Crippen LogP contribution in [0.15, 0.2) is 17.2 Å². The molecule has 1 aliphatic carbocycles. The fourth-order valence-corrected chi connectivity index (χ4v) is 3.69. The molecule has 0 bridgehead atoms. The maximum atomic E-state index is 12.2. The molecule has 21 heavy (non-hydrogen) atoms. The number of hydrogen-bond acceptors (Lipinski definition) is 3. The van der Waals surface area contributed by atoms with E-state index in [0.717, 1.165) is 6.42 Å². The second-order valence-corrected chi connectivity index (χ2v) is 8.41. The van der Waals surface area contributed by atoms with Gasteiger partial charge in [0.1, 0.15) is 10.6 Å². The average Bonchev–Trinajstić information content (AvgIpc) is 2.80. The van der Waals surface area contributed by atoms with Gasteiger partial charge in [0.25, 0.3) is 15.0 Å². The van der Waals surface area contributed by atoms with Crippen LogP contribution in [0.1, 0.15) is 43.1 Å². The first-order valence-electron chi connectivity index (χ1n) is 7.18. The summed E-state index contributed by atoms with van der Waals surface area (Å²) in [6.45, 7) is 2.85. The molecule has 7 heteroatoms. The standard InChI is InChI=1S/C14H21ClN2O3S/c1-10-5-3-4-6-11(10)8-16-14(18)13-7-12(9-17(13)2)21(15,19)20/h7,9-11H,3-6,8H2,1-2H3,(H,16,18). The number of nitrogens with one attached hydrogen (secondary N) is 1. The van der Waals surface area contributed by atoms with Gasteiger partial charge in [-0.15, -0.1) is 0 Å². The third-order valence-electron chi connectivity index (χ3n) is 4.31. The number of aromatic nitrogens is 1. The first-order chi connectivity index (χ1) is 9.79. The summed E-state index contributed by atoms with van der Waals surface area (Å²) >= 11 is 0. The van der Waals surface area contributed by atoms with Crippen molar-refractivity contribution in [2.24, 2.45) is 18.9 Å². The molecule has 0 saturated heterocycles. The van der Waals surface area contributed by atoms with E-state index in [4.69, 9.17) is 10.7 Å². The van der Waals surface area contributed by atoms with E-state index in [0.29, 0.717) is 24.1 Å². The van der Waals surface area contributed by atoms with Crippen molar-refractivity contribution in [2.45, 2.75) is 37.5 Å². The van der Waals surface area contributed by atoms with Gasteiger partial charge < -0.3 is 9.88 Å². The lowest BCUT2D eigenvalue weighted by atomic mass is 9.80. The van der Waals surface area contributed by atoms with E-state index in [9.17, 15) is 13.2 Å². The Morgan fingerprint density at radius 2 is 2.10 bits per heavy atom. The second kappa shape index (κ2) is 6.40. The number of hydrogen-bond donors (Lipinski definition) is 1. The van der Waals surface area contributed by atoms with Crippen molar-refractivity contribution in [3.63, 3.8) is 0 Å². The molecule has 1 heterocycles. The van der Waals surface area contributed by atoms with Crippen LogP contribution in [0.3, 0.4) is 0 Å². The fourth-order valence-electron chi connectivity index (χ4n) is 2.90. The minimum atomic E-state index is -3.81. The molecule has 1 saturated carbocycles. The second-order valence-electron chi connectivity index (χ2n) is 5.84. The molecule has 118 valence electrons. The Balaban J connectivity index is 2.02. The predicted molar refractivity (Wildman–Crippen MR) is 81.9 cm³/mol. The van der Waals surface area contributed by atoms with Gasteiger partial charge in [-0.05, 0) is 24.3 Å². The third kappa shape index (κ3) is 4.01. The smallest absolute Gasteiger partial charge is 0.267 e. The largest absolute Gasteiger partial charge is 0.350 e. The van der Waals surface area contributed by atoms with Crippen molar-refractivity contribution in [1.29, 1.82) is 0 Å². The first-order valence-corrected chi connectivity index (χ1v) is 9.49. The molecule has 1 fully saturated rings. The molecule has 0 aliphatic heterocycles. The number of nitrogens with zero attached hydrogens (tertiary/aromatic N) is 1. The van der Waals surface area contributed by atoms with Gasteiger partial charge in [-0.2, -0.15) is 0 Å². The normalized spacial score (nSPS) is 23.0. The Morgan fingerprint density at radius 3 is 2.67 bits per heavy atom. The van der Waals surface area contributed by atoms with Crippen molar-refractivity contribution < 1.29 is 13.2 Å².